The van der Waals surface area contributed by atoms with Gasteiger partial charge in [0.1, 0.15) is 0 Å². The molecule has 0 heterocycles. The van der Waals surface area contributed by atoms with Crippen molar-refractivity contribution < 1.29 is 9.59 Å². The molecule has 0 saturated heterocycles. The van der Waals surface area contributed by atoms with Crippen LogP contribution in [0.1, 0.15) is 31.8 Å². The second-order valence-electron chi connectivity index (χ2n) is 2.66. The number of nitriles is 1. The molecule has 0 saturated carbocycles. The molecule has 1 aromatic carbocycles. The Labute approximate surface area is 75.6 Å². The van der Waals surface area contributed by atoms with Gasteiger partial charge in [0, 0.05) is 11.1 Å². The van der Waals surface area contributed by atoms with Crippen LogP contribution in [0.3, 0.4) is 0 Å². The molecule has 0 aromatic heterocycles. The molecule has 0 aliphatic carbocycles. The average Bonchev–Trinajstić information content (AvgIpc) is 2.16. The maximum absolute atomic E-state index is 10.6. The third-order valence-corrected chi connectivity index (χ3v) is 1.72. The van der Waals surface area contributed by atoms with Gasteiger partial charge in [-0.2, -0.15) is 5.26 Å². The van der Waals surface area contributed by atoms with Gasteiger partial charge in [0.05, 0.1) is 11.6 Å². The molecule has 0 radical (unpaired) electrons. The molecule has 0 bridgehead atoms. The minimum atomic E-state index is 0.170. The average molecular weight is 173 g/mol. The van der Waals surface area contributed by atoms with Crippen molar-refractivity contribution in [3.63, 3.8) is 0 Å². The molecule has 0 fully saturated rings. The quantitative estimate of drug-likeness (QED) is 0.636. The summed E-state index contributed by atoms with van der Waals surface area (Å²) >= 11 is 0. The molecule has 0 atom stereocenters. The van der Waals surface area contributed by atoms with Crippen LogP contribution in [0, 0.1) is 18.3 Å². The molecule has 0 unspecified atom stereocenters. The number of rotatable bonds is 2. The number of aryl methyl sites for hydroxylation is 1. The lowest BCUT2D eigenvalue weighted by Gasteiger charge is -2.00. The van der Waals surface area contributed by atoms with Gasteiger partial charge < -0.3 is 0 Å². The van der Waals surface area contributed by atoms with E-state index in [4.69, 9.17) is 5.26 Å². The summed E-state index contributed by atoms with van der Waals surface area (Å²) < 4.78 is 0. The van der Waals surface area contributed by atoms with Gasteiger partial charge in [-0.3, -0.25) is 9.59 Å². The summed E-state index contributed by atoms with van der Waals surface area (Å²) in [5, 5.41) is 8.67. The van der Waals surface area contributed by atoms with Crippen LogP contribution in [0.4, 0.5) is 0 Å². The lowest BCUT2D eigenvalue weighted by Crippen LogP contribution is -1.96. The Morgan fingerprint density at radius 1 is 1.31 bits per heavy atom. The third-order valence-electron chi connectivity index (χ3n) is 1.72. The summed E-state index contributed by atoms with van der Waals surface area (Å²) in [4.78, 5) is 21.1. The van der Waals surface area contributed by atoms with Gasteiger partial charge in [-0.05, 0) is 24.6 Å². The van der Waals surface area contributed by atoms with Crippen molar-refractivity contribution in [1.82, 2.24) is 0 Å². The minimum absolute atomic E-state index is 0.170. The third kappa shape index (κ3) is 1.62. The first kappa shape index (κ1) is 9.14. The van der Waals surface area contributed by atoms with Crippen molar-refractivity contribution in [3.05, 3.63) is 34.4 Å². The minimum Gasteiger partial charge on any atom is -0.298 e. The Kier molecular flexibility index (Phi) is 2.56. The number of hydrogen-bond acceptors (Lipinski definition) is 3. The first-order chi connectivity index (χ1) is 6.22. The summed E-state index contributed by atoms with van der Waals surface area (Å²) in [6, 6.07) is 5.03. The molecule has 0 spiro atoms. The van der Waals surface area contributed by atoms with Gasteiger partial charge in [0.15, 0.2) is 12.6 Å². The van der Waals surface area contributed by atoms with Gasteiger partial charge in [0.2, 0.25) is 0 Å². The topological polar surface area (TPSA) is 57.9 Å². The van der Waals surface area contributed by atoms with E-state index < -0.39 is 0 Å². The molecule has 13 heavy (non-hydrogen) atoms. The molecule has 0 aliphatic heterocycles. The van der Waals surface area contributed by atoms with Gasteiger partial charge in [-0.15, -0.1) is 0 Å². The van der Waals surface area contributed by atoms with Crippen molar-refractivity contribution in [2.45, 2.75) is 6.92 Å². The Bertz CT molecular complexity index is 402. The van der Waals surface area contributed by atoms with Crippen LogP contribution < -0.4 is 0 Å². The van der Waals surface area contributed by atoms with Crippen molar-refractivity contribution in [2.24, 2.45) is 0 Å². The number of benzene rings is 1. The molecule has 0 N–H and O–H groups in total. The SMILES string of the molecule is Cc1cc(C#N)c(C=O)c(C=O)c1. The van der Waals surface area contributed by atoms with Crippen LogP contribution in [0.15, 0.2) is 12.1 Å². The van der Waals surface area contributed by atoms with Crippen molar-refractivity contribution >= 4 is 12.6 Å². The monoisotopic (exact) mass is 173 g/mol. The second kappa shape index (κ2) is 3.63. The van der Waals surface area contributed by atoms with Gasteiger partial charge in [0.25, 0.3) is 0 Å². The van der Waals surface area contributed by atoms with E-state index in [1.165, 1.54) is 0 Å². The number of carbonyl (C=O) groups excluding carboxylic acids is 2. The van der Waals surface area contributed by atoms with E-state index in [1.807, 2.05) is 6.07 Å². The molecule has 64 valence electrons. The summed E-state index contributed by atoms with van der Waals surface area (Å²) in [5.74, 6) is 0. The van der Waals surface area contributed by atoms with Gasteiger partial charge in [-0.25, -0.2) is 0 Å². The Morgan fingerprint density at radius 3 is 2.46 bits per heavy atom. The van der Waals surface area contributed by atoms with Gasteiger partial charge >= 0.3 is 0 Å². The predicted molar refractivity (Wildman–Crippen MR) is 46.7 cm³/mol. The van der Waals surface area contributed by atoms with Crippen molar-refractivity contribution in [3.8, 4) is 6.07 Å². The highest BCUT2D eigenvalue weighted by Gasteiger charge is 2.07. The first-order valence-electron chi connectivity index (χ1n) is 3.68. The summed E-state index contributed by atoms with van der Waals surface area (Å²) in [6.45, 7) is 1.77. The maximum atomic E-state index is 10.6. The zero-order chi connectivity index (χ0) is 9.84. The maximum Gasteiger partial charge on any atom is 0.152 e. The fourth-order valence-corrected chi connectivity index (χ4v) is 1.15. The molecular formula is C10H7NO2. The number of aldehydes is 2. The molecule has 3 heteroatoms. The fraction of sp³-hybridized carbons (Fsp3) is 0.100. The number of hydrogen-bond donors (Lipinski definition) is 0. The zero-order valence-corrected chi connectivity index (χ0v) is 7.07. The first-order valence-corrected chi connectivity index (χ1v) is 3.68. The molecule has 1 aromatic rings. The van der Waals surface area contributed by atoms with Gasteiger partial charge in [-0.1, -0.05) is 0 Å². The summed E-state index contributed by atoms with van der Waals surface area (Å²) in [6.07, 6.45) is 1.11. The molecule has 3 nitrogen and oxygen atoms in total. The van der Waals surface area contributed by atoms with Crippen molar-refractivity contribution in [2.75, 3.05) is 0 Å². The summed E-state index contributed by atoms with van der Waals surface area (Å²) in [5.41, 5.74) is 1.48. The highest BCUT2D eigenvalue weighted by atomic mass is 16.1. The lowest BCUT2D eigenvalue weighted by atomic mass is 10.0. The van der Waals surface area contributed by atoms with E-state index >= 15 is 0 Å². The molecular weight excluding hydrogens is 166 g/mol. The fourth-order valence-electron chi connectivity index (χ4n) is 1.15. The summed E-state index contributed by atoms with van der Waals surface area (Å²) in [7, 11) is 0. The lowest BCUT2D eigenvalue weighted by molar-refractivity contribution is 0.109. The van der Waals surface area contributed by atoms with Crippen LogP contribution in [0.25, 0.3) is 0 Å². The molecule has 0 amide bonds. The standard InChI is InChI=1S/C10H7NO2/c1-7-2-8(4-11)10(6-13)9(3-7)5-12/h2-3,5-6H,1H3. The van der Waals surface area contributed by atoms with E-state index in [-0.39, 0.29) is 16.7 Å². The molecule has 1 rings (SSSR count). The van der Waals surface area contributed by atoms with E-state index in [9.17, 15) is 9.59 Å². The zero-order valence-electron chi connectivity index (χ0n) is 7.07. The van der Waals surface area contributed by atoms with E-state index in [0.29, 0.717) is 12.6 Å². The van der Waals surface area contributed by atoms with Crippen LogP contribution in [-0.2, 0) is 0 Å². The Hall–Kier alpha value is -1.95. The van der Waals surface area contributed by atoms with Crippen molar-refractivity contribution in [1.29, 1.82) is 5.26 Å². The highest BCUT2D eigenvalue weighted by Crippen LogP contribution is 2.13. The molecule has 0 aliphatic rings. The van der Waals surface area contributed by atoms with Crippen LogP contribution in [0.2, 0.25) is 0 Å². The van der Waals surface area contributed by atoms with E-state index in [2.05, 4.69) is 0 Å². The Balaban J connectivity index is 3.53. The van der Waals surface area contributed by atoms with Crippen LogP contribution in [0.5, 0.6) is 0 Å². The van der Waals surface area contributed by atoms with E-state index in [0.717, 1.165) is 5.56 Å². The normalized spacial score (nSPS) is 8.92. The van der Waals surface area contributed by atoms with Crippen LogP contribution in [-0.4, -0.2) is 12.6 Å². The predicted octanol–water partition coefficient (Wildman–Crippen LogP) is 1.49. The number of nitrogens with zero attached hydrogens (tertiary/aromatic N) is 1. The number of carbonyl (C=O) groups is 2. The second-order valence-corrected chi connectivity index (χ2v) is 2.66. The highest BCUT2D eigenvalue weighted by molar-refractivity contribution is 5.92. The smallest absolute Gasteiger partial charge is 0.152 e. The largest absolute Gasteiger partial charge is 0.298 e. The van der Waals surface area contributed by atoms with Crippen LogP contribution >= 0.6 is 0 Å². The van der Waals surface area contributed by atoms with E-state index in [1.54, 1.807) is 19.1 Å². The Morgan fingerprint density at radius 2 is 2.00 bits per heavy atom.